The number of anilines is 1. The number of hydrogen-bond acceptors (Lipinski definition) is 7. The third kappa shape index (κ3) is 3.09. The maximum atomic E-state index is 13.6. The van der Waals surface area contributed by atoms with Gasteiger partial charge in [0.1, 0.15) is 11.5 Å². The number of aliphatic hydroxyl groups is 2. The lowest BCUT2D eigenvalue weighted by molar-refractivity contribution is -0.224. The van der Waals surface area contributed by atoms with Gasteiger partial charge in [-0.2, -0.15) is 5.26 Å². The minimum absolute atomic E-state index is 0.0388. The summed E-state index contributed by atoms with van der Waals surface area (Å²) in [5, 5.41) is 35.9. The monoisotopic (exact) mass is 504 g/mol. The summed E-state index contributed by atoms with van der Waals surface area (Å²) < 4.78 is 7.15. The molecular formula is C29H36N4O4. The summed E-state index contributed by atoms with van der Waals surface area (Å²) in [6.45, 7) is 4.02. The third-order valence-electron chi connectivity index (χ3n) is 10.4. The molecule has 0 radical (unpaired) electrons. The van der Waals surface area contributed by atoms with Gasteiger partial charge in [0.15, 0.2) is 0 Å². The molecule has 6 rings (SSSR count). The number of likely N-dealkylation sites (N-methyl/N-ethyl adjacent to an activating group) is 1. The number of nitriles is 1. The summed E-state index contributed by atoms with van der Waals surface area (Å²) in [5.74, 6) is -0.159. The zero-order valence-electron chi connectivity index (χ0n) is 22.0. The normalized spacial score (nSPS) is 43.7. The number of carbonyl (C=O) groups is 1. The van der Waals surface area contributed by atoms with Crippen molar-refractivity contribution in [2.75, 3.05) is 19.4 Å². The number of pyridine rings is 1. The number of ether oxygens (including phenoxy) is 1. The first-order chi connectivity index (χ1) is 17.5. The van der Waals surface area contributed by atoms with Crippen LogP contribution in [0.25, 0.3) is 0 Å². The summed E-state index contributed by atoms with van der Waals surface area (Å²) in [4.78, 5) is 19.8. The van der Waals surface area contributed by atoms with Crippen molar-refractivity contribution in [3.63, 3.8) is 0 Å². The topological polar surface area (TPSA) is 119 Å². The largest absolute Gasteiger partial charge is 0.388 e. The Bertz CT molecular complexity index is 1270. The summed E-state index contributed by atoms with van der Waals surface area (Å²) in [7, 11) is 3.82. The Hall–Kier alpha value is -2.57. The maximum Gasteiger partial charge on any atom is 0.251 e. The van der Waals surface area contributed by atoms with Crippen LogP contribution in [0.2, 0.25) is 0 Å². The first-order valence-electron chi connectivity index (χ1n) is 13.3. The van der Waals surface area contributed by atoms with Crippen molar-refractivity contribution in [2.45, 2.75) is 81.8 Å². The number of aryl methyl sites for hydroxylation is 1. The SMILES string of the molecule is Cc1ncccc1NC(=O)C1=CCC2C1(C)CCC1(C#N)C=C3C(O)C(O)C(N(C)C)CC34CCC21O4. The second kappa shape index (κ2) is 7.97. The van der Waals surface area contributed by atoms with Crippen LogP contribution in [-0.2, 0) is 9.53 Å². The second-order valence-electron chi connectivity index (χ2n) is 12.3. The maximum absolute atomic E-state index is 13.6. The molecule has 3 aliphatic carbocycles. The van der Waals surface area contributed by atoms with Gasteiger partial charge in [-0.3, -0.25) is 9.78 Å². The zero-order chi connectivity index (χ0) is 26.4. The second-order valence-corrected chi connectivity index (χ2v) is 12.3. The van der Waals surface area contributed by atoms with Crippen molar-refractivity contribution in [3.05, 3.63) is 47.3 Å². The highest BCUT2D eigenvalue weighted by atomic mass is 16.5. The van der Waals surface area contributed by atoms with Gasteiger partial charge in [-0.25, -0.2) is 0 Å². The van der Waals surface area contributed by atoms with Crippen molar-refractivity contribution in [3.8, 4) is 6.07 Å². The lowest BCUT2D eigenvalue weighted by Gasteiger charge is -2.61. The molecule has 1 saturated heterocycles. The van der Waals surface area contributed by atoms with E-state index in [4.69, 9.17) is 4.74 Å². The van der Waals surface area contributed by atoms with Crippen LogP contribution in [-0.4, -0.2) is 69.6 Å². The summed E-state index contributed by atoms with van der Waals surface area (Å²) >= 11 is 0. The number of nitrogens with one attached hydrogen (secondary N) is 1. The van der Waals surface area contributed by atoms with E-state index in [2.05, 4.69) is 23.3 Å². The van der Waals surface area contributed by atoms with Crippen molar-refractivity contribution in [1.29, 1.82) is 5.26 Å². The molecule has 8 heteroatoms. The summed E-state index contributed by atoms with van der Waals surface area (Å²) in [5.41, 5.74) is 0.0963. The van der Waals surface area contributed by atoms with E-state index in [-0.39, 0.29) is 17.9 Å². The highest BCUT2D eigenvalue weighted by Crippen LogP contribution is 2.72. The summed E-state index contributed by atoms with van der Waals surface area (Å²) in [6.07, 6.45) is 7.53. The third-order valence-corrected chi connectivity index (χ3v) is 10.4. The number of rotatable bonds is 3. The number of carbonyl (C=O) groups excluding carboxylic acids is 1. The Morgan fingerprint density at radius 1 is 1.27 bits per heavy atom. The lowest BCUT2D eigenvalue weighted by atomic mass is 9.49. The quantitative estimate of drug-likeness (QED) is 0.542. The van der Waals surface area contributed by atoms with E-state index in [0.717, 1.165) is 11.3 Å². The number of amides is 1. The molecule has 1 aromatic heterocycles. The Morgan fingerprint density at radius 2 is 2.05 bits per heavy atom. The van der Waals surface area contributed by atoms with Crippen molar-refractivity contribution >= 4 is 11.6 Å². The van der Waals surface area contributed by atoms with Crippen LogP contribution >= 0.6 is 0 Å². The predicted octanol–water partition coefficient (Wildman–Crippen LogP) is 2.87. The Morgan fingerprint density at radius 3 is 2.76 bits per heavy atom. The first kappa shape index (κ1) is 24.7. The van der Waals surface area contributed by atoms with Gasteiger partial charge in [0.05, 0.1) is 34.8 Å². The molecule has 8 nitrogen and oxygen atoms in total. The lowest BCUT2D eigenvalue weighted by Crippen LogP contribution is -2.66. The van der Waals surface area contributed by atoms with Gasteiger partial charge in [-0.1, -0.05) is 19.1 Å². The van der Waals surface area contributed by atoms with Crippen LogP contribution in [0.1, 0.15) is 51.1 Å². The molecule has 1 aromatic rings. The highest BCUT2D eigenvalue weighted by Gasteiger charge is 2.74. The van der Waals surface area contributed by atoms with E-state index in [1.54, 1.807) is 6.20 Å². The van der Waals surface area contributed by atoms with E-state index >= 15 is 0 Å². The molecule has 2 spiro atoms. The molecular weight excluding hydrogens is 468 g/mol. The van der Waals surface area contributed by atoms with Gasteiger partial charge in [-0.15, -0.1) is 0 Å². The molecule has 196 valence electrons. The molecule has 3 N–H and O–H groups in total. The molecule has 37 heavy (non-hydrogen) atoms. The number of aromatic nitrogens is 1. The van der Waals surface area contributed by atoms with Crippen LogP contribution in [0, 0.1) is 35.0 Å². The molecule has 2 aliphatic heterocycles. The van der Waals surface area contributed by atoms with E-state index in [1.165, 1.54) is 0 Å². The van der Waals surface area contributed by atoms with Crippen LogP contribution in [0.3, 0.4) is 0 Å². The average Bonchev–Trinajstić information content (AvgIpc) is 3.40. The molecule has 3 fully saturated rings. The van der Waals surface area contributed by atoms with Crippen LogP contribution in [0.15, 0.2) is 41.6 Å². The average molecular weight is 505 g/mol. The minimum Gasteiger partial charge on any atom is -0.388 e. The van der Waals surface area contributed by atoms with Gasteiger partial charge >= 0.3 is 0 Å². The van der Waals surface area contributed by atoms with E-state index in [9.17, 15) is 20.3 Å². The van der Waals surface area contributed by atoms with Gasteiger partial charge in [0.25, 0.3) is 5.91 Å². The van der Waals surface area contributed by atoms with E-state index in [1.807, 2.05) is 50.2 Å². The van der Waals surface area contributed by atoms with Crippen molar-refractivity contribution in [1.82, 2.24) is 9.88 Å². The van der Waals surface area contributed by atoms with Crippen LogP contribution in [0.5, 0.6) is 0 Å². The van der Waals surface area contributed by atoms with Crippen LogP contribution in [0.4, 0.5) is 5.69 Å². The zero-order valence-corrected chi connectivity index (χ0v) is 22.0. The molecule has 8 atom stereocenters. The number of hydrogen-bond donors (Lipinski definition) is 3. The minimum atomic E-state index is -1.07. The fourth-order valence-electron chi connectivity index (χ4n) is 8.40. The van der Waals surface area contributed by atoms with E-state index in [0.29, 0.717) is 49.8 Å². The van der Waals surface area contributed by atoms with E-state index < -0.39 is 34.2 Å². The molecule has 8 unspecified atom stereocenters. The fraction of sp³-hybridized carbons (Fsp3) is 0.621. The molecule has 1 amide bonds. The first-order valence-corrected chi connectivity index (χ1v) is 13.3. The van der Waals surface area contributed by atoms with Crippen LogP contribution < -0.4 is 5.32 Å². The molecule has 2 bridgehead atoms. The smallest absolute Gasteiger partial charge is 0.251 e. The number of aliphatic hydroxyl groups excluding tert-OH is 2. The molecule has 5 aliphatic rings. The molecule has 0 aromatic carbocycles. The molecule has 2 saturated carbocycles. The Balaban J connectivity index is 1.38. The van der Waals surface area contributed by atoms with Gasteiger partial charge in [-0.05, 0) is 77.2 Å². The standard InChI is InChI=1S/C29H36N4O4/c1-17-20(6-5-13-31-17)32-25(36)18-7-8-22-26(18,2)9-10-27(16-30)14-19-23(34)24(35)21(33(3)4)15-28(19)11-12-29(22,27)37-28/h5-7,13-14,21-24,34-35H,8-12,15H2,1-4H3,(H,32,36). The van der Waals surface area contributed by atoms with Crippen molar-refractivity contribution in [2.24, 2.45) is 16.7 Å². The number of allylic oxidation sites excluding steroid dienone is 1. The van der Waals surface area contributed by atoms with Gasteiger partial charge in [0, 0.05) is 29.1 Å². The van der Waals surface area contributed by atoms with Gasteiger partial charge in [0.2, 0.25) is 0 Å². The summed E-state index contributed by atoms with van der Waals surface area (Å²) in [6, 6.07) is 6.04. The Kier molecular flexibility index (Phi) is 5.33. The Labute approximate surface area is 218 Å². The number of nitrogens with zero attached hydrogens (tertiary/aromatic N) is 3. The predicted molar refractivity (Wildman–Crippen MR) is 137 cm³/mol. The molecule has 3 heterocycles. The number of fused-ring (bicyclic) bond motifs is 1. The highest BCUT2D eigenvalue weighted by molar-refractivity contribution is 6.05. The van der Waals surface area contributed by atoms with Gasteiger partial charge < -0.3 is 25.2 Å². The fourth-order valence-corrected chi connectivity index (χ4v) is 8.40. The van der Waals surface area contributed by atoms with Crippen molar-refractivity contribution < 1.29 is 19.7 Å².